The SMILES string of the molecule is Cc1ccc(C(=O)OCC(=O)Nc2ccc(F)cc2F)c(O)c1. The van der Waals surface area contributed by atoms with Crippen LogP contribution in [0.15, 0.2) is 36.4 Å². The van der Waals surface area contributed by atoms with Crippen molar-refractivity contribution in [2.75, 3.05) is 11.9 Å². The first kappa shape index (κ1) is 16.4. The summed E-state index contributed by atoms with van der Waals surface area (Å²) in [5.41, 5.74) is 0.436. The average molecular weight is 321 g/mol. The fourth-order valence-corrected chi connectivity index (χ4v) is 1.80. The quantitative estimate of drug-likeness (QED) is 0.849. The molecule has 0 aliphatic heterocycles. The second-order valence-electron chi connectivity index (χ2n) is 4.77. The Morgan fingerprint density at radius 2 is 1.91 bits per heavy atom. The number of halogens is 2. The topological polar surface area (TPSA) is 75.6 Å². The molecule has 2 aromatic rings. The summed E-state index contributed by atoms with van der Waals surface area (Å²) in [7, 11) is 0. The Kier molecular flexibility index (Phi) is 4.90. The van der Waals surface area contributed by atoms with Gasteiger partial charge >= 0.3 is 5.97 Å². The van der Waals surface area contributed by atoms with Crippen molar-refractivity contribution in [1.82, 2.24) is 0 Å². The van der Waals surface area contributed by atoms with Gasteiger partial charge in [0.15, 0.2) is 6.61 Å². The average Bonchev–Trinajstić information content (AvgIpc) is 2.48. The molecule has 2 aromatic carbocycles. The highest BCUT2D eigenvalue weighted by Crippen LogP contribution is 2.19. The van der Waals surface area contributed by atoms with E-state index in [0.29, 0.717) is 6.07 Å². The number of carbonyl (C=O) groups excluding carboxylic acids is 2. The lowest BCUT2D eigenvalue weighted by Gasteiger charge is -2.08. The van der Waals surface area contributed by atoms with Crippen molar-refractivity contribution in [3.05, 3.63) is 59.2 Å². The van der Waals surface area contributed by atoms with E-state index < -0.39 is 30.1 Å². The third-order valence-electron chi connectivity index (χ3n) is 2.91. The Hall–Kier alpha value is -2.96. The number of esters is 1. The predicted octanol–water partition coefficient (Wildman–Crippen LogP) is 2.77. The maximum Gasteiger partial charge on any atom is 0.342 e. The molecule has 5 nitrogen and oxygen atoms in total. The van der Waals surface area contributed by atoms with Crippen LogP contribution in [-0.2, 0) is 9.53 Å². The lowest BCUT2D eigenvalue weighted by Crippen LogP contribution is -2.21. The monoisotopic (exact) mass is 321 g/mol. The minimum absolute atomic E-state index is 0.0867. The zero-order chi connectivity index (χ0) is 17.0. The number of hydrogen-bond donors (Lipinski definition) is 2. The fourth-order valence-electron chi connectivity index (χ4n) is 1.80. The molecule has 0 aliphatic rings. The van der Waals surface area contributed by atoms with E-state index in [1.54, 1.807) is 13.0 Å². The molecule has 0 unspecified atom stereocenters. The Labute approximate surface area is 130 Å². The number of nitrogens with one attached hydrogen (secondary N) is 1. The van der Waals surface area contributed by atoms with Crippen molar-refractivity contribution in [1.29, 1.82) is 0 Å². The maximum absolute atomic E-state index is 13.4. The molecule has 0 spiro atoms. The minimum atomic E-state index is -0.944. The number of aryl methyl sites for hydroxylation is 1. The summed E-state index contributed by atoms with van der Waals surface area (Å²) in [5, 5.41) is 11.8. The second-order valence-corrected chi connectivity index (χ2v) is 4.77. The van der Waals surface area contributed by atoms with Gasteiger partial charge in [-0.3, -0.25) is 4.79 Å². The second kappa shape index (κ2) is 6.87. The standard InChI is InChI=1S/C16H13F2NO4/c1-9-2-4-11(14(20)6-9)16(22)23-8-15(21)19-13-5-3-10(17)7-12(13)18/h2-7,20H,8H2,1H3,(H,19,21). The Morgan fingerprint density at radius 3 is 2.57 bits per heavy atom. The number of aromatic hydroxyl groups is 1. The highest BCUT2D eigenvalue weighted by atomic mass is 19.1. The van der Waals surface area contributed by atoms with Gasteiger partial charge in [-0.1, -0.05) is 6.07 Å². The third kappa shape index (κ3) is 4.26. The molecule has 2 rings (SSSR count). The molecule has 23 heavy (non-hydrogen) atoms. The minimum Gasteiger partial charge on any atom is -0.507 e. The van der Waals surface area contributed by atoms with E-state index in [9.17, 15) is 23.5 Å². The van der Waals surface area contributed by atoms with Crippen LogP contribution in [0.1, 0.15) is 15.9 Å². The van der Waals surface area contributed by atoms with E-state index in [1.165, 1.54) is 12.1 Å². The highest BCUT2D eigenvalue weighted by Gasteiger charge is 2.15. The van der Waals surface area contributed by atoms with Crippen molar-refractivity contribution in [3.8, 4) is 5.75 Å². The molecule has 0 heterocycles. The van der Waals surface area contributed by atoms with Gasteiger partial charge in [-0.05, 0) is 36.8 Å². The van der Waals surface area contributed by atoms with Crippen molar-refractivity contribution in [3.63, 3.8) is 0 Å². The largest absolute Gasteiger partial charge is 0.507 e. The van der Waals surface area contributed by atoms with Gasteiger partial charge in [-0.25, -0.2) is 13.6 Å². The van der Waals surface area contributed by atoms with Crippen molar-refractivity contribution in [2.45, 2.75) is 6.92 Å². The summed E-state index contributed by atoms with van der Waals surface area (Å²) in [5.74, 6) is -3.67. The molecular formula is C16H13F2NO4. The predicted molar refractivity (Wildman–Crippen MR) is 78.1 cm³/mol. The molecule has 0 saturated heterocycles. The Bertz CT molecular complexity index is 762. The molecule has 7 heteroatoms. The van der Waals surface area contributed by atoms with Crippen LogP contribution in [0.2, 0.25) is 0 Å². The molecule has 0 bridgehead atoms. The van der Waals surface area contributed by atoms with E-state index in [4.69, 9.17) is 4.74 Å². The molecule has 1 amide bonds. The molecule has 0 fully saturated rings. The highest BCUT2D eigenvalue weighted by molar-refractivity contribution is 5.96. The molecular weight excluding hydrogens is 308 g/mol. The maximum atomic E-state index is 13.4. The lowest BCUT2D eigenvalue weighted by molar-refractivity contribution is -0.119. The number of anilines is 1. The van der Waals surface area contributed by atoms with Gasteiger partial charge in [0.1, 0.15) is 22.9 Å². The van der Waals surface area contributed by atoms with Gasteiger partial charge in [-0.2, -0.15) is 0 Å². The van der Waals surface area contributed by atoms with Crippen LogP contribution in [0, 0.1) is 18.6 Å². The molecule has 2 N–H and O–H groups in total. The third-order valence-corrected chi connectivity index (χ3v) is 2.91. The Morgan fingerprint density at radius 1 is 1.17 bits per heavy atom. The van der Waals surface area contributed by atoms with E-state index in [0.717, 1.165) is 17.7 Å². The number of phenols is 1. The smallest absolute Gasteiger partial charge is 0.342 e. The van der Waals surface area contributed by atoms with E-state index in [1.807, 2.05) is 0 Å². The number of carbonyl (C=O) groups is 2. The summed E-state index contributed by atoms with van der Waals surface area (Å²) >= 11 is 0. The van der Waals surface area contributed by atoms with Crippen LogP contribution < -0.4 is 5.32 Å². The number of hydrogen-bond acceptors (Lipinski definition) is 4. The zero-order valence-electron chi connectivity index (χ0n) is 12.1. The van der Waals surface area contributed by atoms with Crippen LogP contribution in [0.3, 0.4) is 0 Å². The summed E-state index contributed by atoms with van der Waals surface area (Å²) < 4.78 is 30.9. The van der Waals surface area contributed by atoms with Gasteiger partial charge in [-0.15, -0.1) is 0 Å². The van der Waals surface area contributed by atoms with Crippen LogP contribution >= 0.6 is 0 Å². The molecule has 0 atom stereocenters. The van der Waals surface area contributed by atoms with Crippen molar-refractivity contribution >= 4 is 17.6 Å². The first-order valence-electron chi connectivity index (χ1n) is 6.58. The fraction of sp³-hybridized carbons (Fsp3) is 0.125. The number of amides is 1. The van der Waals surface area contributed by atoms with Crippen molar-refractivity contribution < 1.29 is 28.2 Å². The molecule has 0 radical (unpaired) electrons. The molecule has 0 saturated carbocycles. The number of ether oxygens (including phenoxy) is 1. The van der Waals surface area contributed by atoms with Gasteiger partial charge < -0.3 is 15.2 Å². The van der Waals surface area contributed by atoms with Gasteiger partial charge in [0.25, 0.3) is 5.91 Å². The molecule has 0 aliphatic carbocycles. The van der Waals surface area contributed by atoms with Gasteiger partial charge in [0, 0.05) is 6.07 Å². The normalized spacial score (nSPS) is 10.2. The van der Waals surface area contributed by atoms with E-state index >= 15 is 0 Å². The van der Waals surface area contributed by atoms with Gasteiger partial charge in [0.05, 0.1) is 5.69 Å². The van der Waals surface area contributed by atoms with Crippen LogP contribution in [0.25, 0.3) is 0 Å². The van der Waals surface area contributed by atoms with Crippen LogP contribution in [0.5, 0.6) is 5.75 Å². The first-order valence-corrected chi connectivity index (χ1v) is 6.58. The van der Waals surface area contributed by atoms with Gasteiger partial charge in [0.2, 0.25) is 0 Å². The summed E-state index contributed by atoms with van der Waals surface area (Å²) in [6.45, 7) is 1.06. The summed E-state index contributed by atoms with van der Waals surface area (Å²) in [4.78, 5) is 23.4. The van der Waals surface area contributed by atoms with E-state index in [2.05, 4.69) is 5.32 Å². The zero-order valence-corrected chi connectivity index (χ0v) is 12.1. The number of rotatable bonds is 4. The van der Waals surface area contributed by atoms with E-state index in [-0.39, 0.29) is 17.0 Å². The Balaban J connectivity index is 1.94. The van der Waals surface area contributed by atoms with Crippen LogP contribution in [-0.4, -0.2) is 23.6 Å². The van der Waals surface area contributed by atoms with Crippen molar-refractivity contribution in [2.24, 2.45) is 0 Å². The summed E-state index contributed by atoms with van der Waals surface area (Å²) in [6.07, 6.45) is 0. The van der Waals surface area contributed by atoms with Crippen LogP contribution in [0.4, 0.5) is 14.5 Å². The first-order chi connectivity index (χ1) is 10.9. The number of phenolic OH excluding ortho intramolecular Hbond substituents is 1. The molecule has 0 aromatic heterocycles. The number of benzene rings is 2. The summed E-state index contributed by atoms with van der Waals surface area (Å²) in [6, 6.07) is 7.00. The lowest BCUT2D eigenvalue weighted by atomic mass is 10.1. The molecule has 120 valence electrons.